The zero-order chi connectivity index (χ0) is 14.4. The molecule has 0 unspecified atom stereocenters. The number of ether oxygens (including phenoxy) is 3. The lowest BCUT2D eigenvalue weighted by molar-refractivity contribution is -0.0989. The van der Waals surface area contributed by atoms with Crippen LogP contribution in [-0.4, -0.2) is 39.1 Å². The molecular formula is C15H20N2O3. The molecule has 108 valence electrons. The molecule has 0 saturated heterocycles. The van der Waals surface area contributed by atoms with Crippen LogP contribution in [0.15, 0.2) is 30.3 Å². The summed E-state index contributed by atoms with van der Waals surface area (Å²) in [6.07, 6.45) is -0.245. The number of benzene rings is 1. The summed E-state index contributed by atoms with van der Waals surface area (Å²) in [5.74, 6) is 0.788. The number of nitrogens with one attached hydrogen (secondary N) is 1. The Kier molecular flexibility index (Phi) is 5.29. The fourth-order valence-corrected chi connectivity index (χ4v) is 2.00. The number of nitrogens with zero attached hydrogens (tertiary/aromatic N) is 1. The molecule has 0 saturated carbocycles. The maximum atomic E-state index is 5.34. The summed E-state index contributed by atoms with van der Waals surface area (Å²) in [7, 11) is 4.90. The highest BCUT2D eigenvalue weighted by Crippen LogP contribution is 2.23. The lowest BCUT2D eigenvalue weighted by Gasteiger charge is -2.14. The Morgan fingerprint density at radius 3 is 2.60 bits per heavy atom. The monoisotopic (exact) mass is 276 g/mol. The van der Waals surface area contributed by atoms with Gasteiger partial charge in [-0.3, -0.25) is 0 Å². The van der Waals surface area contributed by atoms with Crippen molar-refractivity contribution < 1.29 is 14.2 Å². The molecule has 0 aliphatic rings. The highest BCUT2D eigenvalue weighted by atomic mass is 16.7. The van der Waals surface area contributed by atoms with Crippen molar-refractivity contribution >= 4 is 10.9 Å². The summed E-state index contributed by atoms with van der Waals surface area (Å²) in [5.41, 5.74) is 1.83. The summed E-state index contributed by atoms with van der Waals surface area (Å²) >= 11 is 0. The van der Waals surface area contributed by atoms with E-state index < -0.39 is 0 Å². The van der Waals surface area contributed by atoms with E-state index in [1.165, 1.54) is 0 Å². The number of para-hydroxylation sites is 1. The fraction of sp³-hybridized carbons (Fsp3) is 0.400. The maximum Gasteiger partial charge on any atom is 0.169 e. The lowest BCUT2D eigenvalue weighted by Crippen LogP contribution is -2.29. The van der Waals surface area contributed by atoms with Gasteiger partial charge >= 0.3 is 0 Å². The summed E-state index contributed by atoms with van der Waals surface area (Å²) in [5, 5.41) is 4.32. The van der Waals surface area contributed by atoms with Crippen molar-refractivity contribution in [3.63, 3.8) is 0 Å². The van der Waals surface area contributed by atoms with Crippen molar-refractivity contribution in [1.29, 1.82) is 0 Å². The van der Waals surface area contributed by atoms with Gasteiger partial charge < -0.3 is 19.5 Å². The second kappa shape index (κ2) is 7.19. The van der Waals surface area contributed by atoms with Gasteiger partial charge in [0.15, 0.2) is 6.29 Å². The van der Waals surface area contributed by atoms with Crippen molar-refractivity contribution in [1.82, 2.24) is 10.3 Å². The number of methoxy groups -OCH3 is 3. The summed E-state index contributed by atoms with van der Waals surface area (Å²) in [6, 6.07) is 9.95. The van der Waals surface area contributed by atoms with E-state index in [9.17, 15) is 0 Å². The van der Waals surface area contributed by atoms with E-state index in [0.29, 0.717) is 13.1 Å². The van der Waals surface area contributed by atoms with E-state index in [4.69, 9.17) is 14.2 Å². The molecule has 0 radical (unpaired) electrons. The third-order valence-electron chi connectivity index (χ3n) is 3.10. The standard InChI is InChI=1S/C15H20N2O3/c1-18-13-6-4-5-11-7-8-12(17-15(11)13)9-16-10-14(19-2)20-3/h4-8,14,16H,9-10H2,1-3H3. The Morgan fingerprint density at radius 1 is 1.10 bits per heavy atom. The first kappa shape index (κ1) is 14.7. The zero-order valence-corrected chi connectivity index (χ0v) is 12.1. The molecule has 0 spiro atoms. The van der Waals surface area contributed by atoms with Crippen LogP contribution in [-0.2, 0) is 16.0 Å². The molecule has 2 aromatic rings. The minimum atomic E-state index is -0.245. The maximum absolute atomic E-state index is 5.34. The Labute approximate surface area is 118 Å². The molecule has 0 fully saturated rings. The van der Waals surface area contributed by atoms with Gasteiger partial charge in [-0.2, -0.15) is 0 Å². The van der Waals surface area contributed by atoms with E-state index in [0.717, 1.165) is 22.3 Å². The molecule has 2 rings (SSSR count). The van der Waals surface area contributed by atoms with Crippen LogP contribution in [0.4, 0.5) is 0 Å². The van der Waals surface area contributed by atoms with Crippen LogP contribution < -0.4 is 10.1 Å². The van der Waals surface area contributed by atoms with Crippen LogP contribution >= 0.6 is 0 Å². The third-order valence-corrected chi connectivity index (χ3v) is 3.10. The van der Waals surface area contributed by atoms with E-state index in [-0.39, 0.29) is 6.29 Å². The number of fused-ring (bicyclic) bond motifs is 1. The number of pyridine rings is 1. The Balaban J connectivity index is 2.07. The minimum absolute atomic E-state index is 0.245. The molecule has 1 heterocycles. The van der Waals surface area contributed by atoms with Gasteiger partial charge in [0.1, 0.15) is 11.3 Å². The SMILES string of the molecule is COc1cccc2ccc(CNCC(OC)OC)nc12. The largest absolute Gasteiger partial charge is 0.494 e. The quantitative estimate of drug-likeness (QED) is 0.783. The number of hydrogen-bond donors (Lipinski definition) is 1. The smallest absolute Gasteiger partial charge is 0.169 e. The first-order valence-corrected chi connectivity index (χ1v) is 6.47. The minimum Gasteiger partial charge on any atom is -0.494 e. The molecule has 0 amide bonds. The van der Waals surface area contributed by atoms with Gasteiger partial charge in [0, 0.05) is 32.7 Å². The topological polar surface area (TPSA) is 52.6 Å². The molecule has 0 aliphatic carbocycles. The third kappa shape index (κ3) is 3.45. The van der Waals surface area contributed by atoms with Gasteiger partial charge in [0.25, 0.3) is 0 Å². The van der Waals surface area contributed by atoms with Gasteiger partial charge in [0.05, 0.1) is 12.8 Å². The molecule has 5 nitrogen and oxygen atoms in total. The first-order chi connectivity index (χ1) is 9.78. The molecule has 5 heteroatoms. The summed E-state index contributed by atoms with van der Waals surface area (Å²) in [4.78, 5) is 4.63. The van der Waals surface area contributed by atoms with Crippen LogP contribution in [0.1, 0.15) is 5.69 Å². The van der Waals surface area contributed by atoms with Crippen molar-refractivity contribution in [3.8, 4) is 5.75 Å². The normalized spacial score (nSPS) is 11.2. The van der Waals surface area contributed by atoms with Crippen molar-refractivity contribution in [2.24, 2.45) is 0 Å². The van der Waals surface area contributed by atoms with Crippen LogP contribution in [0.2, 0.25) is 0 Å². The van der Waals surface area contributed by atoms with Crippen molar-refractivity contribution in [2.45, 2.75) is 12.8 Å². The fourth-order valence-electron chi connectivity index (χ4n) is 2.00. The van der Waals surface area contributed by atoms with Gasteiger partial charge in [-0.1, -0.05) is 18.2 Å². The average Bonchev–Trinajstić information content (AvgIpc) is 2.51. The Morgan fingerprint density at radius 2 is 1.90 bits per heavy atom. The second-order valence-corrected chi connectivity index (χ2v) is 4.37. The van der Waals surface area contributed by atoms with Crippen LogP contribution in [0.3, 0.4) is 0 Å². The van der Waals surface area contributed by atoms with Gasteiger partial charge in [-0.25, -0.2) is 4.98 Å². The Bertz CT molecular complexity index is 556. The predicted octanol–water partition coefficient (Wildman–Crippen LogP) is 1.95. The van der Waals surface area contributed by atoms with Crippen LogP contribution in [0.25, 0.3) is 10.9 Å². The lowest BCUT2D eigenvalue weighted by atomic mass is 10.2. The molecule has 0 atom stereocenters. The highest BCUT2D eigenvalue weighted by Gasteiger charge is 2.06. The molecule has 0 aliphatic heterocycles. The van der Waals surface area contributed by atoms with Gasteiger partial charge in [0.2, 0.25) is 0 Å². The predicted molar refractivity (Wildman–Crippen MR) is 77.8 cm³/mol. The molecule has 1 N–H and O–H groups in total. The zero-order valence-electron chi connectivity index (χ0n) is 12.1. The van der Waals surface area contributed by atoms with E-state index in [2.05, 4.69) is 10.3 Å². The highest BCUT2D eigenvalue weighted by molar-refractivity contribution is 5.84. The number of rotatable bonds is 7. The first-order valence-electron chi connectivity index (χ1n) is 6.47. The van der Waals surface area contributed by atoms with E-state index >= 15 is 0 Å². The van der Waals surface area contributed by atoms with Gasteiger partial charge in [-0.05, 0) is 12.1 Å². The molecule has 20 heavy (non-hydrogen) atoms. The number of hydrogen-bond acceptors (Lipinski definition) is 5. The van der Waals surface area contributed by atoms with E-state index in [1.807, 2.05) is 30.3 Å². The van der Waals surface area contributed by atoms with Crippen molar-refractivity contribution in [2.75, 3.05) is 27.9 Å². The molecule has 1 aromatic carbocycles. The number of aromatic nitrogens is 1. The Hall–Kier alpha value is -1.69. The second-order valence-electron chi connectivity index (χ2n) is 4.37. The summed E-state index contributed by atoms with van der Waals surface area (Å²) < 4.78 is 15.6. The van der Waals surface area contributed by atoms with Crippen molar-refractivity contribution in [3.05, 3.63) is 36.0 Å². The van der Waals surface area contributed by atoms with Crippen LogP contribution in [0.5, 0.6) is 5.75 Å². The van der Waals surface area contributed by atoms with Gasteiger partial charge in [-0.15, -0.1) is 0 Å². The average molecular weight is 276 g/mol. The van der Waals surface area contributed by atoms with E-state index in [1.54, 1.807) is 21.3 Å². The molecular weight excluding hydrogens is 256 g/mol. The molecule has 0 bridgehead atoms. The molecule has 1 aromatic heterocycles. The van der Waals surface area contributed by atoms with Crippen LogP contribution in [0, 0.1) is 0 Å². The summed E-state index contributed by atoms with van der Waals surface area (Å²) in [6.45, 7) is 1.26.